The Morgan fingerprint density at radius 2 is 2.03 bits per heavy atom. The first-order chi connectivity index (χ1) is 14.2. The van der Waals surface area contributed by atoms with Gasteiger partial charge in [0.1, 0.15) is 6.04 Å². The van der Waals surface area contributed by atoms with Gasteiger partial charge in [0, 0.05) is 25.7 Å². The van der Waals surface area contributed by atoms with Crippen molar-refractivity contribution in [2.45, 2.75) is 39.7 Å². The van der Waals surface area contributed by atoms with E-state index in [9.17, 15) is 19.2 Å². The molecule has 1 saturated heterocycles. The number of hydrogen-bond donors (Lipinski definition) is 1. The Labute approximate surface area is 177 Å². The molecule has 1 aliphatic rings. The van der Waals surface area contributed by atoms with Crippen molar-refractivity contribution in [2.24, 2.45) is 5.92 Å². The zero-order valence-corrected chi connectivity index (χ0v) is 18.1. The summed E-state index contributed by atoms with van der Waals surface area (Å²) in [5, 5.41) is 2.68. The maximum atomic E-state index is 12.6. The fraction of sp³-hybridized carbons (Fsp3) is 0.545. The number of nitrogens with zero attached hydrogens (tertiary/aromatic N) is 2. The zero-order valence-electron chi connectivity index (χ0n) is 18.1. The van der Waals surface area contributed by atoms with Gasteiger partial charge in [-0.15, -0.1) is 0 Å². The van der Waals surface area contributed by atoms with E-state index in [1.54, 1.807) is 36.9 Å². The first-order valence-electron chi connectivity index (χ1n) is 10.3. The molecule has 2 rings (SSSR count). The molecule has 2 unspecified atom stereocenters. The van der Waals surface area contributed by atoms with Crippen LogP contribution in [0.2, 0.25) is 0 Å². The van der Waals surface area contributed by atoms with Gasteiger partial charge in [-0.3, -0.25) is 19.2 Å². The molecule has 0 spiro atoms. The summed E-state index contributed by atoms with van der Waals surface area (Å²) in [6.07, 6.45) is 1.41. The minimum atomic E-state index is -0.774. The number of benzene rings is 1. The Bertz CT molecular complexity index is 795. The number of amides is 3. The van der Waals surface area contributed by atoms with Crippen molar-refractivity contribution < 1.29 is 23.9 Å². The van der Waals surface area contributed by atoms with Crippen LogP contribution >= 0.6 is 0 Å². The van der Waals surface area contributed by atoms with Crippen LogP contribution in [0.15, 0.2) is 24.3 Å². The lowest BCUT2D eigenvalue weighted by Crippen LogP contribution is -2.50. The van der Waals surface area contributed by atoms with Gasteiger partial charge in [0.25, 0.3) is 5.91 Å². The molecule has 30 heavy (non-hydrogen) atoms. The van der Waals surface area contributed by atoms with Crippen LogP contribution in [0.3, 0.4) is 0 Å². The fourth-order valence-electron chi connectivity index (χ4n) is 3.50. The van der Waals surface area contributed by atoms with Crippen molar-refractivity contribution >= 4 is 23.7 Å². The van der Waals surface area contributed by atoms with Gasteiger partial charge in [-0.1, -0.05) is 17.7 Å². The summed E-state index contributed by atoms with van der Waals surface area (Å²) in [6, 6.07) is 6.32. The van der Waals surface area contributed by atoms with E-state index < -0.39 is 6.04 Å². The molecule has 1 aromatic rings. The fourth-order valence-corrected chi connectivity index (χ4v) is 3.50. The number of esters is 1. The lowest BCUT2D eigenvalue weighted by Gasteiger charge is -2.33. The van der Waals surface area contributed by atoms with Gasteiger partial charge in [0.15, 0.2) is 0 Å². The first kappa shape index (κ1) is 23.4. The van der Waals surface area contributed by atoms with Crippen LogP contribution in [0.1, 0.15) is 42.6 Å². The smallest absolute Gasteiger partial charge is 0.310 e. The van der Waals surface area contributed by atoms with E-state index in [0.29, 0.717) is 31.7 Å². The molecule has 1 aliphatic heterocycles. The highest BCUT2D eigenvalue weighted by Gasteiger charge is 2.30. The first-order valence-corrected chi connectivity index (χ1v) is 10.3. The number of aryl methyl sites for hydroxylation is 1. The predicted octanol–water partition coefficient (Wildman–Crippen LogP) is 1.37. The Hall–Kier alpha value is -2.90. The molecule has 1 N–H and O–H groups in total. The van der Waals surface area contributed by atoms with Gasteiger partial charge in [0.2, 0.25) is 11.8 Å². The average molecular weight is 418 g/mol. The molecule has 0 radical (unpaired) electrons. The quantitative estimate of drug-likeness (QED) is 0.676. The molecule has 0 bridgehead atoms. The normalized spacial score (nSPS) is 17.1. The van der Waals surface area contributed by atoms with Crippen LogP contribution in [0, 0.1) is 12.8 Å². The minimum absolute atomic E-state index is 0.112. The molecule has 3 amide bonds. The summed E-state index contributed by atoms with van der Waals surface area (Å²) in [5.41, 5.74) is 1.43. The van der Waals surface area contributed by atoms with Gasteiger partial charge in [-0.2, -0.15) is 0 Å². The van der Waals surface area contributed by atoms with Gasteiger partial charge in [0.05, 0.1) is 19.1 Å². The highest BCUT2D eigenvalue weighted by molar-refractivity contribution is 5.98. The number of ether oxygens (including phenoxy) is 1. The maximum absolute atomic E-state index is 12.6. The number of piperidine rings is 1. The standard InChI is InChI=1S/C22H31N3O5/c1-5-30-22(29)18-10-7-11-25(13-18)19(26)14-24(4)21(28)16(3)23-20(27)17-9-6-8-15(2)12-17/h6,8-9,12,16,18H,5,7,10-11,13-14H2,1-4H3,(H,23,27). The van der Waals surface area contributed by atoms with Crippen molar-refractivity contribution in [3.05, 3.63) is 35.4 Å². The van der Waals surface area contributed by atoms with Crippen LogP contribution in [0.4, 0.5) is 0 Å². The summed E-state index contributed by atoms with van der Waals surface area (Å²) in [7, 11) is 1.53. The number of hydrogen-bond acceptors (Lipinski definition) is 5. The largest absolute Gasteiger partial charge is 0.466 e. The van der Waals surface area contributed by atoms with Gasteiger partial charge >= 0.3 is 5.97 Å². The summed E-state index contributed by atoms with van der Waals surface area (Å²) < 4.78 is 5.06. The lowest BCUT2D eigenvalue weighted by molar-refractivity contribution is -0.152. The van der Waals surface area contributed by atoms with Crippen molar-refractivity contribution in [2.75, 3.05) is 33.3 Å². The SMILES string of the molecule is CCOC(=O)C1CCCN(C(=O)CN(C)C(=O)C(C)NC(=O)c2cccc(C)c2)C1. The summed E-state index contributed by atoms with van der Waals surface area (Å²) in [4.78, 5) is 52.5. The third-order valence-electron chi connectivity index (χ3n) is 5.14. The van der Waals surface area contributed by atoms with Crippen LogP contribution < -0.4 is 5.32 Å². The summed E-state index contributed by atoms with van der Waals surface area (Å²) in [6.45, 7) is 6.29. The Kier molecular flexibility index (Phi) is 8.38. The van der Waals surface area contributed by atoms with Crippen LogP contribution in [0.5, 0.6) is 0 Å². The van der Waals surface area contributed by atoms with Crippen LogP contribution in [0.25, 0.3) is 0 Å². The van der Waals surface area contributed by atoms with E-state index in [4.69, 9.17) is 4.74 Å². The average Bonchev–Trinajstić information content (AvgIpc) is 2.73. The molecule has 0 saturated carbocycles. The minimum Gasteiger partial charge on any atom is -0.466 e. The molecule has 164 valence electrons. The maximum Gasteiger partial charge on any atom is 0.310 e. The van der Waals surface area contributed by atoms with Gasteiger partial charge in [-0.05, 0) is 45.7 Å². The molecular weight excluding hydrogens is 386 g/mol. The highest BCUT2D eigenvalue weighted by Crippen LogP contribution is 2.18. The van der Waals surface area contributed by atoms with Gasteiger partial charge in [-0.25, -0.2) is 0 Å². The lowest BCUT2D eigenvalue weighted by atomic mass is 9.98. The van der Waals surface area contributed by atoms with E-state index in [2.05, 4.69) is 5.32 Å². The van der Waals surface area contributed by atoms with Crippen molar-refractivity contribution in [1.29, 1.82) is 0 Å². The number of likely N-dealkylation sites (N-methyl/N-ethyl adjacent to an activating group) is 1. The number of likely N-dealkylation sites (tertiary alicyclic amines) is 1. The van der Waals surface area contributed by atoms with Crippen LogP contribution in [-0.2, 0) is 19.1 Å². The van der Waals surface area contributed by atoms with Crippen molar-refractivity contribution in [3.63, 3.8) is 0 Å². The second kappa shape index (κ2) is 10.8. The highest BCUT2D eigenvalue weighted by atomic mass is 16.5. The predicted molar refractivity (Wildman–Crippen MR) is 112 cm³/mol. The number of rotatable bonds is 7. The second-order valence-electron chi connectivity index (χ2n) is 7.69. The molecule has 1 heterocycles. The molecule has 2 atom stereocenters. The number of carbonyl (C=O) groups is 4. The summed E-state index contributed by atoms with van der Waals surface area (Å²) >= 11 is 0. The van der Waals surface area contributed by atoms with E-state index in [0.717, 1.165) is 12.0 Å². The number of nitrogens with one attached hydrogen (secondary N) is 1. The molecular formula is C22H31N3O5. The zero-order chi connectivity index (χ0) is 22.3. The van der Waals surface area contributed by atoms with E-state index >= 15 is 0 Å². The third-order valence-corrected chi connectivity index (χ3v) is 5.14. The summed E-state index contributed by atoms with van der Waals surface area (Å²) in [5.74, 6) is -1.53. The van der Waals surface area contributed by atoms with E-state index in [-0.39, 0.29) is 36.2 Å². The van der Waals surface area contributed by atoms with Crippen molar-refractivity contribution in [3.8, 4) is 0 Å². The van der Waals surface area contributed by atoms with Gasteiger partial charge < -0.3 is 19.9 Å². The molecule has 8 nitrogen and oxygen atoms in total. The third kappa shape index (κ3) is 6.30. The molecule has 0 aliphatic carbocycles. The number of carbonyl (C=O) groups excluding carboxylic acids is 4. The van der Waals surface area contributed by atoms with Crippen LogP contribution in [-0.4, -0.2) is 72.8 Å². The van der Waals surface area contributed by atoms with E-state index in [1.807, 2.05) is 13.0 Å². The van der Waals surface area contributed by atoms with E-state index in [1.165, 1.54) is 11.9 Å². The Balaban J connectivity index is 1.88. The Morgan fingerprint density at radius 1 is 1.30 bits per heavy atom. The van der Waals surface area contributed by atoms with Crippen molar-refractivity contribution in [1.82, 2.24) is 15.1 Å². The topological polar surface area (TPSA) is 96.0 Å². The molecule has 0 aromatic heterocycles. The Morgan fingerprint density at radius 3 is 2.70 bits per heavy atom. The second-order valence-corrected chi connectivity index (χ2v) is 7.69. The molecule has 1 fully saturated rings. The monoisotopic (exact) mass is 417 g/mol. The molecule has 8 heteroatoms. The molecule has 1 aromatic carbocycles.